The molecule has 2 nitrogen and oxygen atoms in total. The van der Waals surface area contributed by atoms with Crippen molar-refractivity contribution in [1.29, 1.82) is 0 Å². The summed E-state index contributed by atoms with van der Waals surface area (Å²) in [5.74, 6) is 0.894. The standard InChI is InChI=1S/C13H10Br2FNO/c14-9-1-3-12(8(5-9)7-17)18-13-4-2-10(16)6-11(13)15/h1-6H,7,17H2. The second kappa shape index (κ2) is 5.82. The van der Waals surface area contributed by atoms with E-state index in [1.165, 1.54) is 12.1 Å². The average Bonchev–Trinajstić information content (AvgIpc) is 2.34. The van der Waals surface area contributed by atoms with Crippen molar-refractivity contribution >= 4 is 31.9 Å². The molecule has 0 unspecified atom stereocenters. The molecule has 0 atom stereocenters. The summed E-state index contributed by atoms with van der Waals surface area (Å²) in [6.45, 7) is 0.369. The van der Waals surface area contributed by atoms with Crippen molar-refractivity contribution in [3.05, 3.63) is 56.7 Å². The lowest BCUT2D eigenvalue weighted by atomic mass is 10.2. The lowest BCUT2D eigenvalue weighted by Crippen LogP contribution is -1.99. The lowest BCUT2D eigenvalue weighted by Gasteiger charge is -2.11. The Morgan fingerprint density at radius 3 is 2.44 bits per heavy atom. The minimum absolute atomic E-state index is 0.316. The molecule has 0 saturated heterocycles. The first-order chi connectivity index (χ1) is 8.60. The summed E-state index contributed by atoms with van der Waals surface area (Å²) in [4.78, 5) is 0. The van der Waals surface area contributed by atoms with Crippen molar-refractivity contribution in [1.82, 2.24) is 0 Å². The highest BCUT2D eigenvalue weighted by molar-refractivity contribution is 9.10. The van der Waals surface area contributed by atoms with Crippen LogP contribution in [0.15, 0.2) is 45.3 Å². The molecule has 2 rings (SSSR count). The Morgan fingerprint density at radius 1 is 1.06 bits per heavy atom. The third kappa shape index (κ3) is 3.10. The molecule has 2 aromatic carbocycles. The molecule has 0 amide bonds. The normalized spacial score (nSPS) is 10.4. The summed E-state index contributed by atoms with van der Waals surface area (Å²) in [6, 6.07) is 9.86. The van der Waals surface area contributed by atoms with Crippen LogP contribution < -0.4 is 10.5 Å². The van der Waals surface area contributed by atoms with Crippen molar-refractivity contribution in [2.24, 2.45) is 5.73 Å². The van der Waals surface area contributed by atoms with Crippen LogP contribution in [0.3, 0.4) is 0 Å². The first-order valence-corrected chi connectivity index (χ1v) is 6.80. The number of benzene rings is 2. The van der Waals surface area contributed by atoms with E-state index in [2.05, 4.69) is 31.9 Å². The van der Waals surface area contributed by atoms with Gasteiger partial charge in [0.2, 0.25) is 0 Å². The van der Waals surface area contributed by atoms with Gasteiger partial charge in [0.25, 0.3) is 0 Å². The summed E-state index contributed by atoms with van der Waals surface area (Å²) in [7, 11) is 0. The Hall–Kier alpha value is -0.910. The minimum Gasteiger partial charge on any atom is -0.456 e. The Morgan fingerprint density at radius 2 is 1.78 bits per heavy atom. The van der Waals surface area contributed by atoms with Crippen LogP contribution >= 0.6 is 31.9 Å². The molecule has 0 aliphatic carbocycles. The molecule has 0 aliphatic heterocycles. The van der Waals surface area contributed by atoms with Gasteiger partial charge < -0.3 is 10.5 Å². The zero-order chi connectivity index (χ0) is 13.1. The molecule has 0 bridgehead atoms. The first kappa shape index (κ1) is 13.5. The molecule has 2 aromatic rings. The fourth-order valence-electron chi connectivity index (χ4n) is 1.48. The number of halogens is 3. The third-order valence-corrected chi connectivity index (χ3v) is 3.47. The number of hydrogen-bond donors (Lipinski definition) is 1. The predicted octanol–water partition coefficient (Wildman–Crippen LogP) is 4.60. The van der Waals surface area contributed by atoms with Gasteiger partial charge in [0.05, 0.1) is 4.47 Å². The Bertz CT molecular complexity index is 575. The fourth-order valence-corrected chi connectivity index (χ4v) is 2.32. The van der Waals surface area contributed by atoms with Crippen molar-refractivity contribution < 1.29 is 9.13 Å². The number of hydrogen-bond acceptors (Lipinski definition) is 2. The van der Waals surface area contributed by atoms with Crippen LogP contribution in [0.4, 0.5) is 4.39 Å². The van der Waals surface area contributed by atoms with Crippen molar-refractivity contribution in [3.63, 3.8) is 0 Å². The van der Waals surface area contributed by atoms with Gasteiger partial charge in [-0.3, -0.25) is 0 Å². The molecule has 0 radical (unpaired) electrons. The molecule has 94 valence electrons. The number of nitrogens with two attached hydrogens (primary N) is 1. The highest BCUT2D eigenvalue weighted by Crippen LogP contribution is 2.32. The maximum Gasteiger partial charge on any atom is 0.141 e. The molecule has 0 fully saturated rings. The highest BCUT2D eigenvalue weighted by atomic mass is 79.9. The number of ether oxygens (including phenoxy) is 1. The van der Waals surface area contributed by atoms with Gasteiger partial charge in [-0.25, -0.2) is 4.39 Å². The lowest BCUT2D eigenvalue weighted by molar-refractivity contribution is 0.471. The van der Waals surface area contributed by atoms with Crippen molar-refractivity contribution in [2.45, 2.75) is 6.54 Å². The second-order valence-corrected chi connectivity index (χ2v) is 5.40. The molecule has 0 spiro atoms. The van der Waals surface area contributed by atoms with Gasteiger partial charge in [-0.05, 0) is 52.3 Å². The molecule has 0 aromatic heterocycles. The summed E-state index contributed by atoms with van der Waals surface area (Å²) in [5.41, 5.74) is 6.54. The Balaban J connectivity index is 2.33. The zero-order valence-corrected chi connectivity index (χ0v) is 12.5. The summed E-state index contributed by atoms with van der Waals surface area (Å²) in [6.07, 6.45) is 0. The van der Waals surface area contributed by atoms with E-state index in [1.54, 1.807) is 6.07 Å². The van der Waals surface area contributed by atoms with Gasteiger partial charge in [-0.2, -0.15) is 0 Å². The van der Waals surface area contributed by atoms with E-state index in [9.17, 15) is 4.39 Å². The monoisotopic (exact) mass is 373 g/mol. The number of rotatable bonds is 3. The topological polar surface area (TPSA) is 35.2 Å². The Labute approximate surface area is 121 Å². The van der Waals surface area contributed by atoms with E-state index in [0.29, 0.717) is 22.5 Å². The minimum atomic E-state index is -0.316. The molecular formula is C13H10Br2FNO. The molecule has 18 heavy (non-hydrogen) atoms. The third-order valence-electron chi connectivity index (χ3n) is 2.36. The van der Waals surface area contributed by atoms with Gasteiger partial charge in [0.15, 0.2) is 0 Å². The molecule has 0 aliphatic rings. The van der Waals surface area contributed by atoms with E-state index in [1.807, 2.05) is 18.2 Å². The second-order valence-electron chi connectivity index (χ2n) is 3.63. The summed E-state index contributed by atoms with van der Waals surface area (Å²) < 4.78 is 20.2. The van der Waals surface area contributed by atoms with Crippen LogP contribution in [-0.2, 0) is 6.54 Å². The largest absolute Gasteiger partial charge is 0.456 e. The predicted molar refractivity (Wildman–Crippen MR) is 76.2 cm³/mol. The van der Waals surface area contributed by atoms with Gasteiger partial charge in [-0.1, -0.05) is 15.9 Å². The fraction of sp³-hybridized carbons (Fsp3) is 0.0769. The van der Waals surface area contributed by atoms with Crippen LogP contribution in [0.5, 0.6) is 11.5 Å². The maximum atomic E-state index is 13.0. The van der Waals surface area contributed by atoms with Crippen molar-refractivity contribution in [2.75, 3.05) is 0 Å². The molecule has 0 heterocycles. The van der Waals surface area contributed by atoms with Gasteiger partial charge in [0, 0.05) is 16.6 Å². The van der Waals surface area contributed by atoms with E-state index < -0.39 is 0 Å². The zero-order valence-electron chi connectivity index (χ0n) is 9.29. The van der Waals surface area contributed by atoms with Gasteiger partial charge in [-0.15, -0.1) is 0 Å². The summed E-state index contributed by atoms with van der Waals surface area (Å²) in [5, 5.41) is 0. The maximum absolute atomic E-state index is 13.0. The molecular weight excluding hydrogens is 365 g/mol. The summed E-state index contributed by atoms with van der Waals surface area (Å²) >= 11 is 6.64. The smallest absolute Gasteiger partial charge is 0.141 e. The molecule has 2 N–H and O–H groups in total. The molecule has 0 saturated carbocycles. The van der Waals surface area contributed by atoms with Crippen LogP contribution in [0, 0.1) is 5.82 Å². The SMILES string of the molecule is NCc1cc(Br)ccc1Oc1ccc(F)cc1Br. The van der Waals surface area contributed by atoms with Crippen LogP contribution in [0.25, 0.3) is 0 Å². The van der Waals surface area contributed by atoms with E-state index >= 15 is 0 Å². The van der Waals surface area contributed by atoms with Crippen LogP contribution in [-0.4, -0.2) is 0 Å². The van der Waals surface area contributed by atoms with Crippen LogP contribution in [0.2, 0.25) is 0 Å². The van der Waals surface area contributed by atoms with E-state index in [-0.39, 0.29) is 5.82 Å². The van der Waals surface area contributed by atoms with E-state index in [0.717, 1.165) is 10.0 Å². The quantitative estimate of drug-likeness (QED) is 0.851. The van der Waals surface area contributed by atoms with E-state index in [4.69, 9.17) is 10.5 Å². The van der Waals surface area contributed by atoms with Gasteiger partial charge >= 0.3 is 0 Å². The first-order valence-electron chi connectivity index (χ1n) is 5.21. The van der Waals surface area contributed by atoms with Crippen LogP contribution in [0.1, 0.15) is 5.56 Å². The average molecular weight is 375 g/mol. The molecule has 5 heteroatoms. The Kier molecular flexibility index (Phi) is 4.37. The highest BCUT2D eigenvalue weighted by Gasteiger charge is 2.08. The van der Waals surface area contributed by atoms with Crippen molar-refractivity contribution in [3.8, 4) is 11.5 Å². The van der Waals surface area contributed by atoms with Gasteiger partial charge in [0.1, 0.15) is 17.3 Å².